The molecule has 4 rings (SSSR count). The summed E-state index contributed by atoms with van der Waals surface area (Å²) in [5.41, 5.74) is 5.99. The van der Waals surface area contributed by atoms with Gasteiger partial charge in [-0.2, -0.15) is 0 Å². The maximum absolute atomic E-state index is 13.0. The van der Waals surface area contributed by atoms with E-state index in [0.29, 0.717) is 11.7 Å². The van der Waals surface area contributed by atoms with E-state index < -0.39 is 0 Å². The standard InChI is InChI=1S/C27H34N4O2S/c1-19-5-7-23(8-6-19)28-27(34)31(10-4-9-30-11-13-33-14-12-30)18-22-17-24-21(3)15-20(2)16-25(24)29-26(22)32/h5-8,15-17H,4,9-14,18H2,1-3H3,(H,28,34)(H,29,32). The molecule has 0 spiro atoms. The summed E-state index contributed by atoms with van der Waals surface area (Å²) >= 11 is 5.81. The van der Waals surface area contributed by atoms with Crippen LogP contribution in [-0.4, -0.2) is 59.3 Å². The number of hydrogen-bond acceptors (Lipinski definition) is 4. The van der Waals surface area contributed by atoms with Crippen LogP contribution in [0.2, 0.25) is 0 Å². The van der Waals surface area contributed by atoms with Crippen LogP contribution in [0.25, 0.3) is 10.9 Å². The lowest BCUT2D eigenvalue weighted by atomic mass is 10.0. The molecule has 1 fully saturated rings. The molecule has 1 aliphatic heterocycles. The molecule has 2 N–H and O–H groups in total. The van der Waals surface area contributed by atoms with Gasteiger partial charge in [-0.05, 0) is 74.8 Å². The van der Waals surface area contributed by atoms with Crippen LogP contribution in [0.4, 0.5) is 5.69 Å². The van der Waals surface area contributed by atoms with Gasteiger partial charge in [0, 0.05) is 48.3 Å². The first-order valence-corrected chi connectivity index (χ1v) is 12.4. The largest absolute Gasteiger partial charge is 0.379 e. The Kier molecular flexibility index (Phi) is 7.98. The summed E-state index contributed by atoms with van der Waals surface area (Å²) in [6, 6.07) is 14.4. The molecule has 0 saturated carbocycles. The Morgan fingerprint density at radius 2 is 1.82 bits per heavy atom. The molecule has 3 aromatic rings. The summed E-state index contributed by atoms with van der Waals surface area (Å²) in [5.74, 6) is 0. The Morgan fingerprint density at radius 1 is 1.09 bits per heavy atom. The van der Waals surface area contributed by atoms with Gasteiger partial charge >= 0.3 is 0 Å². The molecule has 0 bridgehead atoms. The number of ether oxygens (including phenoxy) is 1. The molecule has 0 radical (unpaired) electrons. The number of aryl methyl sites for hydroxylation is 3. The summed E-state index contributed by atoms with van der Waals surface area (Å²) in [5, 5.41) is 5.07. The second-order valence-corrected chi connectivity index (χ2v) is 9.58. The van der Waals surface area contributed by atoms with E-state index in [1.807, 2.05) is 31.2 Å². The van der Waals surface area contributed by atoms with Gasteiger partial charge in [0.05, 0.1) is 19.8 Å². The van der Waals surface area contributed by atoms with E-state index in [0.717, 1.165) is 79.1 Å². The minimum Gasteiger partial charge on any atom is -0.379 e. The lowest BCUT2D eigenvalue weighted by Crippen LogP contribution is -2.40. The number of hydrogen-bond donors (Lipinski definition) is 2. The quantitative estimate of drug-likeness (QED) is 0.492. The molecule has 2 heterocycles. The van der Waals surface area contributed by atoms with Crippen molar-refractivity contribution >= 4 is 33.9 Å². The molecule has 7 heteroatoms. The Hall–Kier alpha value is -2.74. The van der Waals surface area contributed by atoms with Crippen LogP contribution in [0.3, 0.4) is 0 Å². The van der Waals surface area contributed by atoms with Crippen LogP contribution < -0.4 is 10.9 Å². The third kappa shape index (κ3) is 6.23. The highest BCUT2D eigenvalue weighted by atomic mass is 32.1. The van der Waals surface area contributed by atoms with Crippen LogP contribution in [0.1, 0.15) is 28.7 Å². The number of rotatable bonds is 7. The van der Waals surface area contributed by atoms with Crippen LogP contribution in [-0.2, 0) is 11.3 Å². The number of H-pyrrole nitrogens is 1. The maximum atomic E-state index is 13.0. The molecule has 2 aromatic carbocycles. The zero-order valence-electron chi connectivity index (χ0n) is 20.3. The van der Waals surface area contributed by atoms with E-state index in [9.17, 15) is 4.79 Å². The van der Waals surface area contributed by atoms with Crippen molar-refractivity contribution in [2.75, 3.05) is 44.7 Å². The van der Waals surface area contributed by atoms with Crippen molar-refractivity contribution < 1.29 is 4.74 Å². The van der Waals surface area contributed by atoms with Gasteiger partial charge in [0.15, 0.2) is 5.11 Å². The molecule has 180 valence electrons. The monoisotopic (exact) mass is 478 g/mol. The molecule has 0 unspecified atom stereocenters. The Morgan fingerprint density at radius 3 is 2.56 bits per heavy atom. The van der Waals surface area contributed by atoms with Crippen molar-refractivity contribution in [1.29, 1.82) is 0 Å². The number of nitrogens with zero attached hydrogens (tertiary/aromatic N) is 2. The van der Waals surface area contributed by atoms with Gasteiger partial charge < -0.3 is 19.9 Å². The Bertz CT molecular complexity index is 1200. The summed E-state index contributed by atoms with van der Waals surface area (Å²) in [7, 11) is 0. The van der Waals surface area contributed by atoms with Gasteiger partial charge in [-0.3, -0.25) is 9.69 Å². The predicted molar refractivity (Wildman–Crippen MR) is 144 cm³/mol. The molecule has 1 aromatic heterocycles. The first-order chi connectivity index (χ1) is 16.4. The van der Waals surface area contributed by atoms with E-state index in [1.165, 1.54) is 5.56 Å². The number of benzene rings is 2. The van der Waals surface area contributed by atoms with Crippen molar-refractivity contribution in [3.05, 3.63) is 75.1 Å². The highest BCUT2D eigenvalue weighted by Gasteiger charge is 2.16. The average Bonchev–Trinajstić information content (AvgIpc) is 2.81. The van der Waals surface area contributed by atoms with E-state index >= 15 is 0 Å². The van der Waals surface area contributed by atoms with Gasteiger partial charge in [-0.1, -0.05) is 23.8 Å². The lowest BCUT2D eigenvalue weighted by Gasteiger charge is -2.29. The van der Waals surface area contributed by atoms with Gasteiger partial charge in [-0.25, -0.2) is 0 Å². The molecular formula is C27H34N4O2S. The normalized spacial score (nSPS) is 14.3. The molecule has 1 aliphatic rings. The minimum atomic E-state index is -0.0613. The van der Waals surface area contributed by atoms with Gasteiger partial charge in [-0.15, -0.1) is 0 Å². The Balaban J connectivity index is 1.53. The van der Waals surface area contributed by atoms with Crippen LogP contribution in [0.15, 0.2) is 47.3 Å². The molecule has 0 amide bonds. The van der Waals surface area contributed by atoms with Crippen molar-refractivity contribution in [3.63, 3.8) is 0 Å². The zero-order valence-corrected chi connectivity index (χ0v) is 21.1. The predicted octanol–water partition coefficient (Wildman–Crippen LogP) is 4.37. The van der Waals surface area contributed by atoms with Gasteiger partial charge in [0.1, 0.15) is 0 Å². The minimum absolute atomic E-state index is 0.0613. The number of morpholine rings is 1. The first kappa shape index (κ1) is 24.4. The average molecular weight is 479 g/mol. The highest BCUT2D eigenvalue weighted by molar-refractivity contribution is 7.80. The molecule has 0 aliphatic carbocycles. The van der Waals surface area contributed by atoms with Gasteiger partial charge in [0.25, 0.3) is 5.56 Å². The fourth-order valence-electron chi connectivity index (χ4n) is 4.44. The van der Waals surface area contributed by atoms with Crippen molar-refractivity contribution in [2.24, 2.45) is 0 Å². The van der Waals surface area contributed by atoms with E-state index in [1.54, 1.807) is 0 Å². The van der Waals surface area contributed by atoms with E-state index in [-0.39, 0.29) is 5.56 Å². The van der Waals surface area contributed by atoms with Crippen molar-refractivity contribution in [1.82, 2.24) is 14.8 Å². The molecule has 0 atom stereocenters. The van der Waals surface area contributed by atoms with Gasteiger partial charge in [0.2, 0.25) is 0 Å². The van der Waals surface area contributed by atoms with E-state index in [4.69, 9.17) is 17.0 Å². The van der Waals surface area contributed by atoms with Crippen LogP contribution in [0, 0.1) is 20.8 Å². The fraction of sp³-hybridized carbons (Fsp3) is 0.407. The number of nitrogens with one attached hydrogen (secondary N) is 2. The number of fused-ring (bicyclic) bond motifs is 1. The zero-order chi connectivity index (χ0) is 24.1. The number of aromatic amines is 1. The Labute approximate surface area is 206 Å². The topological polar surface area (TPSA) is 60.6 Å². The summed E-state index contributed by atoms with van der Waals surface area (Å²) in [6.45, 7) is 11.9. The number of pyridine rings is 1. The van der Waals surface area contributed by atoms with Crippen molar-refractivity contribution in [3.8, 4) is 0 Å². The maximum Gasteiger partial charge on any atom is 0.253 e. The summed E-state index contributed by atoms with van der Waals surface area (Å²) in [6.07, 6.45) is 0.958. The molecule has 34 heavy (non-hydrogen) atoms. The van der Waals surface area contributed by atoms with Crippen molar-refractivity contribution in [2.45, 2.75) is 33.7 Å². The number of aromatic nitrogens is 1. The number of thiocarbonyl (C=S) groups is 1. The fourth-order valence-corrected chi connectivity index (χ4v) is 4.71. The van der Waals surface area contributed by atoms with Crippen LogP contribution >= 0.6 is 12.2 Å². The lowest BCUT2D eigenvalue weighted by molar-refractivity contribution is 0.0367. The smallest absolute Gasteiger partial charge is 0.253 e. The third-order valence-corrected chi connectivity index (χ3v) is 6.71. The second-order valence-electron chi connectivity index (χ2n) is 9.19. The SMILES string of the molecule is Cc1ccc(NC(=S)N(CCCN2CCOCC2)Cc2cc3c(C)cc(C)cc3[nH]c2=O)cc1. The first-order valence-electron chi connectivity index (χ1n) is 11.9. The van der Waals surface area contributed by atoms with Crippen LogP contribution in [0.5, 0.6) is 0 Å². The molecular weight excluding hydrogens is 444 g/mol. The highest BCUT2D eigenvalue weighted by Crippen LogP contribution is 2.19. The summed E-state index contributed by atoms with van der Waals surface area (Å²) < 4.78 is 5.46. The summed E-state index contributed by atoms with van der Waals surface area (Å²) in [4.78, 5) is 20.6. The second kappa shape index (κ2) is 11.1. The number of anilines is 1. The molecule has 6 nitrogen and oxygen atoms in total. The third-order valence-electron chi connectivity index (χ3n) is 6.35. The molecule has 1 saturated heterocycles. The van der Waals surface area contributed by atoms with E-state index in [2.05, 4.69) is 52.1 Å².